The van der Waals surface area contributed by atoms with Crippen LogP contribution in [0.25, 0.3) is 0 Å². The summed E-state index contributed by atoms with van der Waals surface area (Å²) in [6, 6.07) is 3.96. The molecule has 1 heterocycles. The summed E-state index contributed by atoms with van der Waals surface area (Å²) in [6.45, 7) is 7.17. The molecular formula is C27H42N2O2. The average Bonchev–Trinajstić information content (AvgIpc) is 3.12. The summed E-state index contributed by atoms with van der Waals surface area (Å²) >= 11 is 0. The number of hydrogen-bond donors (Lipinski definition) is 2. The van der Waals surface area contributed by atoms with Gasteiger partial charge in [-0.2, -0.15) is 10.2 Å². The molecule has 4 fully saturated rings. The third-order valence-corrected chi connectivity index (χ3v) is 10.9. The normalized spacial score (nSPS) is 46.5. The van der Waals surface area contributed by atoms with E-state index in [4.69, 9.17) is 0 Å². The molecule has 4 aliphatic carbocycles. The molecule has 4 saturated carbocycles. The van der Waals surface area contributed by atoms with E-state index in [0.29, 0.717) is 17.3 Å². The maximum Gasteiger partial charge on any atom is 0.0656 e. The van der Waals surface area contributed by atoms with Crippen LogP contribution in [0.3, 0.4) is 0 Å². The quantitative estimate of drug-likeness (QED) is 0.696. The van der Waals surface area contributed by atoms with E-state index in [9.17, 15) is 10.2 Å². The van der Waals surface area contributed by atoms with Crippen molar-refractivity contribution in [1.82, 2.24) is 10.2 Å². The monoisotopic (exact) mass is 426 g/mol. The molecule has 0 amide bonds. The number of aliphatic hydroxyl groups is 2. The van der Waals surface area contributed by atoms with E-state index in [2.05, 4.69) is 31.0 Å². The van der Waals surface area contributed by atoms with Gasteiger partial charge in [0.15, 0.2) is 0 Å². The fourth-order valence-electron chi connectivity index (χ4n) is 9.28. The summed E-state index contributed by atoms with van der Waals surface area (Å²) < 4.78 is 0. The third kappa shape index (κ3) is 3.57. The highest BCUT2D eigenvalue weighted by Crippen LogP contribution is 2.68. The Morgan fingerprint density at radius 3 is 2.58 bits per heavy atom. The largest absolute Gasteiger partial charge is 0.393 e. The van der Waals surface area contributed by atoms with E-state index < -0.39 is 5.60 Å². The van der Waals surface area contributed by atoms with Crippen molar-refractivity contribution in [2.75, 3.05) is 0 Å². The molecule has 4 heteroatoms. The van der Waals surface area contributed by atoms with E-state index in [1.807, 2.05) is 12.1 Å². The predicted octanol–water partition coefficient (Wildman–Crippen LogP) is 5.18. The molecular weight excluding hydrogens is 384 g/mol. The fraction of sp³-hybridized carbons (Fsp3) is 0.852. The Balaban J connectivity index is 1.33. The molecule has 0 aliphatic heterocycles. The van der Waals surface area contributed by atoms with Crippen molar-refractivity contribution >= 4 is 0 Å². The number of rotatable bonds is 4. The minimum Gasteiger partial charge on any atom is -0.393 e. The number of aliphatic hydroxyl groups excluding tert-OH is 1. The molecule has 0 aromatic carbocycles. The first-order chi connectivity index (χ1) is 14.7. The first kappa shape index (κ1) is 21.8. The van der Waals surface area contributed by atoms with Crippen LogP contribution in [0.5, 0.6) is 0 Å². The molecule has 0 bridgehead atoms. The standard InChI is InChI=1S/C27H42N2O2/c1-25-13-11-20(30)17-18(25)6-7-21-22-8-9-24(26(22,2)14-12-23(21)25)27(3,31)15-10-19-5-4-16-28-29-19/h4-5,16,18,20-24,30-31H,6-15,17H2,1-3H3/t18?,20-,21-,22-,23-,24-,25-,26-,27+/m0/s1. The molecule has 0 saturated heterocycles. The van der Waals surface area contributed by atoms with Gasteiger partial charge in [0, 0.05) is 6.20 Å². The molecule has 4 nitrogen and oxygen atoms in total. The molecule has 31 heavy (non-hydrogen) atoms. The predicted molar refractivity (Wildman–Crippen MR) is 122 cm³/mol. The smallest absolute Gasteiger partial charge is 0.0656 e. The lowest BCUT2D eigenvalue weighted by molar-refractivity contribution is -0.144. The molecule has 2 N–H and O–H groups in total. The summed E-state index contributed by atoms with van der Waals surface area (Å²) in [5.74, 6) is 3.48. The molecule has 1 aromatic heterocycles. The summed E-state index contributed by atoms with van der Waals surface area (Å²) in [5, 5.41) is 30.2. The lowest BCUT2D eigenvalue weighted by Gasteiger charge is -2.61. The number of aryl methyl sites for hydroxylation is 1. The van der Waals surface area contributed by atoms with Gasteiger partial charge in [-0.3, -0.25) is 0 Å². The van der Waals surface area contributed by atoms with Gasteiger partial charge in [0.25, 0.3) is 0 Å². The lowest BCUT2D eigenvalue weighted by Crippen LogP contribution is -2.55. The van der Waals surface area contributed by atoms with Crippen LogP contribution in [-0.2, 0) is 6.42 Å². The molecule has 1 aromatic rings. The molecule has 172 valence electrons. The van der Waals surface area contributed by atoms with Crippen LogP contribution in [0, 0.1) is 40.4 Å². The van der Waals surface area contributed by atoms with Crippen molar-refractivity contribution in [3.05, 3.63) is 24.0 Å². The maximum absolute atomic E-state index is 11.7. The Hall–Kier alpha value is -1.00. The Labute approximate surface area is 188 Å². The Bertz CT molecular complexity index is 783. The number of fused-ring (bicyclic) bond motifs is 5. The van der Waals surface area contributed by atoms with Gasteiger partial charge in [-0.25, -0.2) is 0 Å². The topological polar surface area (TPSA) is 66.2 Å². The second-order valence-electron chi connectivity index (χ2n) is 12.3. The second kappa shape index (κ2) is 7.80. The van der Waals surface area contributed by atoms with E-state index in [1.165, 1.54) is 38.5 Å². The third-order valence-electron chi connectivity index (χ3n) is 10.9. The van der Waals surface area contributed by atoms with E-state index >= 15 is 0 Å². The van der Waals surface area contributed by atoms with Gasteiger partial charge >= 0.3 is 0 Å². The van der Waals surface area contributed by atoms with Crippen LogP contribution in [-0.4, -0.2) is 32.1 Å². The molecule has 5 rings (SSSR count). The van der Waals surface area contributed by atoms with Gasteiger partial charge in [-0.15, -0.1) is 0 Å². The highest BCUT2D eigenvalue weighted by atomic mass is 16.3. The van der Waals surface area contributed by atoms with Gasteiger partial charge < -0.3 is 10.2 Å². The van der Waals surface area contributed by atoms with Crippen LogP contribution in [0.1, 0.15) is 90.7 Å². The van der Waals surface area contributed by atoms with Crippen molar-refractivity contribution in [1.29, 1.82) is 0 Å². The van der Waals surface area contributed by atoms with Gasteiger partial charge in [0.1, 0.15) is 0 Å². The van der Waals surface area contributed by atoms with Gasteiger partial charge in [0.2, 0.25) is 0 Å². The SMILES string of the molecule is C[C@]12CC[C@H]3[C@@H](CCC4C[C@@H](O)CC[C@@]43C)[C@@H]1CC[C@@H]2[C@](C)(O)CCc1cccnn1. The number of hydrogen-bond acceptors (Lipinski definition) is 4. The zero-order valence-corrected chi connectivity index (χ0v) is 19.8. The average molecular weight is 427 g/mol. The minimum absolute atomic E-state index is 0.0660. The number of nitrogens with zero attached hydrogens (tertiary/aromatic N) is 2. The Kier molecular flexibility index (Phi) is 5.49. The molecule has 1 unspecified atom stereocenters. The van der Waals surface area contributed by atoms with Gasteiger partial charge in [0.05, 0.1) is 17.4 Å². The fourth-order valence-corrected chi connectivity index (χ4v) is 9.28. The highest BCUT2D eigenvalue weighted by Gasteiger charge is 2.62. The second-order valence-corrected chi connectivity index (χ2v) is 12.3. The summed E-state index contributed by atoms with van der Waals surface area (Å²) in [5.41, 5.74) is 1.02. The van der Waals surface area contributed by atoms with Crippen molar-refractivity contribution in [3.8, 4) is 0 Å². The molecule has 4 aliphatic rings. The van der Waals surface area contributed by atoms with Crippen molar-refractivity contribution in [2.24, 2.45) is 40.4 Å². The summed E-state index contributed by atoms with van der Waals surface area (Å²) in [7, 11) is 0. The first-order valence-electron chi connectivity index (χ1n) is 12.9. The van der Waals surface area contributed by atoms with E-state index in [1.54, 1.807) is 6.20 Å². The Morgan fingerprint density at radius 1 is 1.03 bits per heavy atom. The van der Waals surface area contributed by atoms with Crippen LogP contribution in [0.4, 0.5) is 0 Å². The van der Waals surface area contributed by atoms with Crippen LogP contribution in [0.2, 0.25) is 0 Å². The first-order valence-corrected chi connectivity index (χ1v) is 12.9. The van der Waals surface area contributed by atoms with Crippen molar-refractivity contribution in [3.63, 3.8) is 0 Å². The number of aromatic nitrogens is 2. The zero-order valence-electron chi connectivity index (χ0n) is 19.8. The van der Waals surface area contributed by atoms with Crippen LogP contribution in [0.15, 0.2) is 18.3 Å². The van der Waals surface area contributed by atoms with E-state index in [0.717, 1.165) is 55.6 Å². The maximum atomic E-state index is 11.7. The summed E-state index contributed by atoms with van der Waals surface area (Å²) in [4.78, 5) is 0. The van der Waals surface area contributed by atoms with Gasteiger partial charge in [-0.1, -0.05) is 13.8 Å². The highest BCUT2D eigenvalue weighted by molar-refractivity contribution is 5.12. The van der Waals surface area contributed by atoms with Crippen molar-refractivity contribution < 1.29 is 10.2 Å². The zero-order chi connectivity index (χ0) is 21.9. The molecule has 0 radical (unpaired) electrons. The molecule has 9 atom stereocenters. The lowest BCUT2D eigenvalue weighted by atomic mass is 9.44. The van der Waals surface area contributed by atoms with Crippen LogP contribution < -0.4 is 0 Å². The van der Waals surface area contributed by atoms with Gasteiger partial charge in [-0.05, 0) is 130 Å². The summed E-state index contributed by atoms with van der Waals surface area (Å²) in [6.07, 6.45) is 14.1. The minimum atomic E-state index is -0.649. The molecule has 0 spiro atoms. The van der Waals surface area contributed by atoms with Crippen molar-refractivity contribution in [2.45, 2.75) is 103 Å². The van der Waals surface area contributed by atoms with E-state index in [-0.39, 0.29) is 11.5 Å². The van der Waals surface area contributed by atoms with Crippen LogP contribution >= 0.6 is 0 Å². The Morgan fingerprint density at radius 2 is 1.81 bits per heavy atom.